The van der Waals surface area contributed by atoms with Crippen LogP contribution in [0.1, 0.15) is 0 Å². The van der Waals surface area contributed by atoms with Gasteiger partial charge in [0, 0.05) is 30.4 Å². The van der Waals surface area contributed by atoms with Gasteiger partial charge in [-0.25, -0.2) is 9.97 Å². The molecular weight excluding hydrogens is 298 g/mol. The van der Waals surface area contributed by atoms with Gasteiger partial charge in [0.1, 0.15) is 5.69 Å². The Morgan fingerprint density at radius 3 is 2.00 bits per heavy atom. The van der Waals surface area contributed by atoms with Gasteiger partial charge in [0.05, 0.1) is 17.1 Å². The van der Waals surface area contributed by atoms with Gasteiger partial charge in [-0.3, -0.25) is 15.0 Å². The van der Waals surface area contributed by atoms with Crippen LogP contribution in [0.15, 0.2) is 79.4 Å². The second-order valence-corrected chi connectivity index (χ2v) is 5.13. The molecule has 24 heavy (non-hydrogen) atoms. The number of aromatic nitrogens is 5. The molecule has 0 aliphatic rings. The number of pyridine rings is 3. The summed E-state index contributed by atoms with van der Waals surface area (Å²) in [5.74, 6) is 0.567. The molecule has 0 aliphatic heterocycles. The van der Waals surface area contributed by atoms with E-state index in [1.807, 2.05) is 54.6 Å². The molecule has 4 aromatic heterocycles. The van der Waals surface area contributed by atoms with E-state index in [1.165, 1.54) is 0 Å². The summed E-state index contributed by atoms with van der Waals surface area (Å²) in [7, 11) is 0. The highest BCUT2D eigenvalue weighted by Gasteiger charge is 2.11. The minimum Gasteiger partial charge on any atom is -0.264 e. The lowest BCUT2D eigenvalue weighted by molar-refractivity contribution is 1.13. The number of hydrogen-bond acceptors (Lipinski definition) is 5. The van der Waals surface area contributed by atoms with E-state index >= 15 is 0 Å². The van der Waals surface area contributed by atoms with Crippen molar-refractivity contribution in [2.75, 3.05) is 0 Å². The molecular formula is C19H13N5. The van der Waals surface area contributed by atoms with Gasteiger partial charge >= 0.3 is 0 Å². The van der Waals surface area contributed by atoms with E-state index in [0.717, 1.165) is 28.3 Å². The minimum atomic E-state index is 0.567. The molecule has 0 radical (unpaired) electrons. The standard InChI is InChI=1S/C19H13N5/c1-3-10-21-15(7-1)18-12-17(14-6-5-9-20-13-14)23-19(24-18)16-8-2-4-11-22-16/h1-13H. The van der Waals surface area contributed by atoms with Crippen molar-refractivity contribution >= 4 is 0 Å². The highest BCUT2D eigenvalue weighted by Crippen LogP contribution is 2.25. The average molecular weight is 311 g/mol. The Bertz CT molecular complexity index is 801. The number of nitrogens with zero attached hydrogens (tertiary/aromatic N) is 5. The van der Waals surface area contributed by atoms with Gasteiger partial charge in [0.2, 0.25) is 0 Å². The van der Waals surface area contributed by atoms with Crippen molar-refractivity contribution in [2.24, 2.45) is 0 Å². The highest BCUT2D eigenvalue weighted by atomic mass is 14.9. The van der Waals surface area contributed by atoms with Crippen LogP contribution in [0.2, 0.25) is 0 Å². The fourth-order valence-corrected chi connectivity index (χ4v) is 2.36. The maximum Gasteiger partial charge on any atom is 0.179 e. The largest absolute Gasteiger partial charge is 0.264 e. The van der Waals surface area contributed by atoms with Crippen LogP contribution in [-0.4, -0.2) is 24.9 Å². The number of hydrogen-bond donors (Lipinski definition) is 0. The predicted octanol–water partition coefficient (Wildman–Crippen LogP) is 3.66. The first-order valence-electron chi connectivity index (χ1n) is 7.52. The van der Waals surface area contributed by atoms with Crippen LogP contribution in [0.3, 0.4) is 0 Å². The predicted molar refractivity (Wildman–Crippen MR) is 91.7 cm³/mol. The summed E-state index contributed by atoms with van der Waals surface area (Å²) in [5, 5.41) is 0. The third-order valence-electron chi connectivity index (χ3n) is 3.50. The molecule has 0 unspecified atom stereocenters. The van der Waals surface area contributed by atoms with E-state index in [9.17, 15) is 0 Å². The molecule has 5 heteroatoms. The van der Waals surface area contributed by atoms with Gasteiger partial charge in [-0.05, 0) is 42.5 Å². The SMILES string of the molecule is c1ccc(-c2cc(-c3cccnc3)nc(-c3ccccn3)n2)nc1. The monoisotopic (exact) mass is 311 g/mol. The molecule has 114 valence electrons. The topological polar surface area (TPSA) is 64.5 Å². The summed E-state index contributed by atoms with van der Waals surface area (Å²) in [6.45, 7) is 0. The van der Waals surface area contributed by atoms with Crippen LogP contribution < -0.4 is 0 Å². The average Bonchev–Trinajstić information content (AvgIpc) is 2.70. The smallest absolute Gasteiger partial charge is 0.179 e. The first kappa shape index (κ1) is 14.1. The lowest BCUT2D eigenvalue weighted by Crippen LogP contribution is -1.98. The zero-order valence-corrected chi connectivity index (χ0v) is 12.7. The van der Waals surface area contributed by atoms with E-state index in [4.69, 9.17) is 0 Å². The van der Waals surface area contributed by atoms with Crippen molar-refractivity contribution in [3.63, 3.8) is 0 Å². The number of rotatable bonds is 3. The van der Waals surface area contributed by atoms with Gasteiger partial charge in [-0.1, -0.05) is 12.1 Å². The molecule has 4 rings (SSSR count). The Morgan fingerprint density at radius 2 is 1.33 bits per heavy atom. The molecule has 0 atom stereocenters. The van der Waals surface area contributed by atoms with Gasteiger partial charge in [-0.2, -0.15) is 0 Å². The lowest BCUT2D eigenvalue weighted by Gasteiger charge is -2.07. The first-order chi connectivity index (χ1) is 11.9. The second kappa shape index (κ2) is 6.34. The molecule has 0 amide bonds. The van der Waals surface area contributed by atoms with E-state index in [1.54, 1.807) is 24.8 Å². The van der Waals surface area contributed by atoms with Gasteiger partial charge in [0.15, 0.2) is 5.82 Å². The summed E-state index contributed by atoms with van der Waals surface area (Å²) >= 11 is 0. The van der Waals surface area contributed by atoms with Crippen molar-refractivity contribution in [1.29, 1.82) is 0 Å². The highest BCUT2D eigenvalue weighted by molar-refractivity contribution is 5.68. The van der Waals surface area contributed by atoms with Crippen LogP contribution in [0.4, 0.5) is 0 Å². The Hall–Kier alpha value is -3.47. The van der Waals surface area contributed by atoms with Crippen molar-refractivity contribution in [3.05, 3.63) is 79.4 Å². The third kappa shape index (κ3) is 2.87. The fraction of sp³-hybridized carbons (Fsp3) is 0. The zero-order valence-electron chi connectivity index (χ0n) is 12.7. The minimum absolute atomic E-state index is 0.567. The summed E-state index contributed by atoms with van der Waals surface area (Å²) in [6.07, 6.45) is 7.01. The fourth-order valence-electron chi connectivity index (χ4n) is 2.36. The van der Waals surface area contributed by atoms with Crippen molar-refractivity contribution in [1.82, 2.24) is 24.9 Å². The maximum atomic E-state index is 4.66. The molecule has 0 saturated carbocycles. The molecule has 0 bridgehead atoms. The molecule has 4 heterocycles. The summed E-state index contributed by atoms with van der Waals surface area (Å²) in [6, 6.07) is 17.2. The molecule has 0 aromatic carbocycles. The van der Waals surface area contributed by atoms with Crippen LogP contribution in [0.5, 0.6) is 0 Å². The van der Waals surface area contributed by atoms with Gasteiger partial charge < -0.3 is 0 Å². The summed E-state index contributed by atoms with van der Waals surface area (Å²) in [4.78, 5) is 22.2. The molecule has 4 aromatic rings. The Kier molecular flexibility index (Phi) is 3.73. The zero-order chi connectivity index (χ0) is 16.2. The van der Waals surface area contributed by atoms with E-state index < -0.39 is 0 Å². The van der Waals surface area contributed by atoms with Crippen molar-refractivity contribution < 1.29 is 0 Å². The van der Waals surface area contributed by atoms with Crippen LogP contribution in [0.25, 0.3) is 34.2 Å². The lowest BCUT2D eigenvalue weighted by atomic mass is 10.1. The quantitative estimate of drug-likeness (QED) is 0.577. The summed E-state index contributed by atoms with van der Waals surface area (Å²) < 4.78 is 0. The summed E-state index contributed by atoms with van der Waals surface area (Å²) in [5.41, 5.74) is 3.99. The third-order valence-corrected chi connectivity index (χ3v) is 3.50. The van der Waals surface area contributed by atoms with Crippen LogP contribution >= 0.6 is 0 Å². The van der Waals surface area contributed by atoms with Crippen molar-refractivity contribution in [3.8, 4) is 34.2 Å². The normalized spacial score (nSPS) is 10.5. The Balaban J connectivity index is 1.92. The van der Waals surface area contributed by atoms with Gasteiger partial charge in [0.25, 0.3) is 0 Å². The maximum absolute atomic E-state index is 4.66. The molecule has 0 N–H and O–H groups in total. The first-order valence-corrected chi connectivity index (χ1v) is 7.52. The van der Waals surface area contributed by atoms with E-state index in [0.29, 0.717) is 5.82 Å². The van der Waals surface area contributed by atoms with Crippen LogP contribution in [-0.2, 0) is 0 Å². The second-order valence-electron chi connectivity index (χ2n) is 5.13. The van der Waals surface area contributed by atoms with E-state index in [2.05, 4.69) is 24.9 Å². The van der Waals surface area contributed by atoms with Crippen LogP contribution in [0, 0.1) is 0 Å². The molecule has 0 saturated heterocycles. The molecule has 0 fully saturated rings. The molecule has 0 aliphatic carbocycles. The Labute approximate surface area is 139 Å². The van der Waals surface area contributed by atoms with Gasteiger partial charge in [-0.15, -0.1) is 0 Å². The molecule has 0 spiro atoms. The van der Waals surface area contributed by atoms with Crippen molar-refractivity contribution in [2.45, 2.75) is 0 Å². The molecule has 5 nitrogen and oxygen atoms in total. The van der Waals surface area contributed by atoms with E-state index in [-0.39, 0.29) is 0 Å². The Morgan fingerprint density at radius 1 is 0.583 bits per heavy atom.